The van der Waals surface area contributed by atoms with Gasteiger partial charge in [-0.25, -0.2) is 0 Å². The first kappa shape index (κ1) is 16.0. The van der Waals surface area contributed by atoms with Gasteiger partial charge in [-0.05, 0) is 43.8 Å². The largest absolute Gasteiger partial charge is 0.357 e. The van der Waals surface area contributed by atoms with Crippen molar-refractivity contribution in [3.63, 3.8) is 0 Å². The van der Waals surface area contributed by atoms with E-state index in [9.17, 15) is 4.79 Å². The van der Waals surface area contributed by atoms with Crippen LogP contribution in [0.25, 0.3) is 0 Å². The number of carbonyl (C=O) groups is 1. The molecule has 5 heteroatoms. The maximum Gasteiger partial charge on any atom is 0.269 e. The first-order valence-electron chi connectivity index (χ1n) is 7.01. The van der Waals surface area contributed by atoms with Crippen molar-refractivity contribution in [2.24, 2.45) is 0 Å². The number of nitrogens with one attached hydrogen (secondary N) is 3. The molecule has 0 bridgehead atoms. The van der Waals surface area contributed by atoms with Crippen LogP contribution >= 0.6 is 12.2 Å². The predicted octanol–water partition coefficient (Wildman–Crippen LogP) is 2.61. The van der Waals surface area contributed by atoms with Gasteiger partial charge in [0, 0.05) is 12.1 Å². The highest BCUT2D eigenvalue weighted by molar-refractivity contribution is 7.80. The maximum absolute atomic E-state index is 12.1. The van der Waals surface area contributed by atoms with Crippen LogP contribution in [0.2, 0.25) is 0 Å². The highest BCUT2D eigenvalue weighted by Crippen LogP contribution is 2.08. The zero-order valence-corrected chi connectivity index (χ0v) is 13.5. The first-order chi connectivity index (χ1) is 10.5. The molecule has 114 valence electrons. The van der Waals surface area contributed by atoms with Crippen molar-refractivity contribution in [2.75, 3.05) is 0 Å². The monoisotopic (exact) mass is 313 g/mol. The van der Waals surface area contributed by atoms with Crippen LogP contribution in [0.1, 0.15) is 27.0 Å². The zero-order chi connectivity index (χ0) is 15.9. The van der Waals surface area contributed by atoms with Crippen LogP contribution in [0, 0.1) is 13.8 Å². The predicted molar refractivity (Wildman–Crippen MR) is 92.4 cm³/mol. The van der Waals surface area contributed by atoms with Crippen molar-refractivity contribution in [1.82, 2.24) is 16.2 Å². The number of hydrogen-bond donors (Lipinski definition) is 3. The van der Waals surface area contributed by atoms with Crippen molar-refractivity contribution in [3.05, 3.63) is 70.8 Å². The molecule has 2 aromatic rings. The molecular weight excluding hydrogens is 294 g/mol. The average molecular weight is 313 g/mol. The van der Waals surface area contributed by atoms with Crippen molar-refractivity contribution in [3.8, 4) is 0 Å². The summed E-state index contributed by atoms with van der Waals surface area (Å²) in [5, 5.41) is 3.41. The van der Waals surface area contributed by atoms with Gasteiger partial charge in [-0.1, -0.05) is 47.5 Å². The number of hydrazine groups is 1. The topological polar surface area (TPSA) is 53.2 Å². The number of thiocarbonyl (C=S) groups is 1. The van der Waals surface area contributed by atoms with E-state index in [-0.39, 0.29) is 5.91 Å². The van der Waals surface area contributed by atoms with Crippen molar-refractivity contribution in [1.29, 1.82) is 0 Å². The van der Waals surface area contributed by atoms with Crippen LogP contribution in [0.4, 0.5) is 0 Å². The Labute approximate surface area is 135 Å². The molecule has 22 heavy (non-hydrogen) atoms. The summed E-state index contributed by atoms with van der Waals surface area (Å²) in [5.74, 6) is -0.212. The number of rotatable bonds is 3. The third-order valence-corrected chi connectivity index (χ3v) is 3.32. The van der Waals surface area contributed by atoms with E-state index in [2.05, 4.69) is 16.2 Å². The Morgan fingerprint density at radius 3 is 2.27 bits per heavy atom. The minimum Gasteiger partial charge on any atom is -0.357 e. The van der Waals surface area contributed by atoms with Crippen LogP contribution in [-0.4, -0.2) is 11.0 Å². The third kappa shape index (κ3) is 4.86. The summed E-state index contributed by atoms with van der Waals surface area (Å²) in [4.78, 5) is 12.1. The molecule has 2 rings (SSSR count). The number of benzene rings is 2. The second kappa shape index (κ2) is 7.56. The standard InChI is InChI=1S/C17H19N3OS/c1-12-8-13(2)10-15(9-12)16(21)19-20-17(22)18-11-14-6-4-3-5-7-14/h3-10H,11H2,1-2H3,(H,19,21)(H2,18,20,22). The normalized spacial score (nSPS) is 9.91. The summed E-state index contributed by atoms with van der Waals surface area (Å²) in [6.07, 6.45) is 0. The molecule has 0 saturated heterocycles. The van der Waals surface area contributed by atoms with E-state index in [1.54, 1.807) is 0 Å². The number of carbonyl (C=O) groups excluding carboxylic acids is 1. The smallest absolute Gasteiger partial charge is 0.269 e. The Bertz CT molecular complexity index is 651. The lowest BCUT2D eigenvalue weighted by Crippen LogP contribution is -2.46. The van der Waals surface area contributed by atoms with E-state index in [1.165, 1.54) is 0 Å². The van der Waals surface area contributed by atoms with Crippen molar-refractivity contribution in [2.45, 2.75) is 20.4 Å². The summed E-state index contributed by atoms with van der Waals surface area (Å²) in [7, 11) is 0. The van der Waals surface area contributed by atoms with E-state index < -0.39 is 0 Å². The molecule has 3 N–H and O–H groups in total. The molecule has 0 heterocycles. The molecule has 0 aliphatic heterocycles. The molecule has 4 nitrogen and oxygen atoms in total. The second-order valence-corrected chi connectivity index (χ2v) is 5.53. The quantitative estimate of drug-likeness (QED) is 0.602. The third-order valence-electron chi connectivity index (χ3n) is 3.07. The summed E-state index contributed by atoms with van der Waals surface area (Å²) >= 11 is 5.14. The van der Waals surface area contributed by atoms with Gasteiger partial charge in [0.15, 0.2) is 5.11 Å². The average Bonchev–Trinajstić information content (AvgIpc) is 2.50. The maximum atomic E-state index is 12.1. The molecule has 0 fully saturated rings. The fourth-order valence-electron chi connectivity index (χ4n) is 2.11. The lowest BCUT2D eigenvalue weighted by atomic mass is 10.1. The van der Waals surface area contributed by atoms with E-state index in [4.69, 9.17) is 12.2 Å². The summed E-state index contributed by atoms with van der Waals surface area (Å²) in [6, 6.07) is 15.6. The molecule has 1 amide bonds. The van der Waals surface area contributed by atoms with Crippen molar-refractivity contribution < 1.29 is 4.79 Å². The Morgan fingerprint density at radius 1 is 1.00 bits per heavy atom. The highest BCUT2D eigenvalue weighted by Gasteiger charge is 2.06. The molecule has 0 aliphatic carbocycles. The molecule has 0 spiro atoms. The van der Waals surface area contributed by atoms with Crippen LogP contribution in [0.5, 0.6) is 0 Å². The van der Waals surface area contributed by atoms with E-state index in [1.807, 2.05) is 62.4 Å². The summed E-state index contributed by atoms with van der Waals surface area (Å²) < 4.78 is 0. The minimum atomic E-state index is -0.212. The SMILES string of the molecule is Cc1cc(C)cc(C(=O)NNC(=S)NCc2ccccc2)c1. The first-order valence-corrected chi connectivity index (χ1v) is 7.42. The lowest BCUT2D eigenvalue weighted by Gasteiger charge is -2.12. The van der Waals surface area contributed by atoms with E-state index in [0.717, 1.165) is 16.7 Å². The Hall–Kier alpha value is -2.40. The van der Waals surface area contributed by atoms with Gasteiger partial charge in [0.25, 0.3) is 5.91 Å². The van der Waals surface area contributed by atoms with E-state index >= 15 is 0 Å². The molecule has 2 aromatic carbocycles. The summed E-state index contributed by atoms with van der Waals surface area (Å²) in [5.41, 5.74) is 9.13. The zero-order valence-electron chi connectivity index (χ0n) is 12.6. The fraction of sp³-hybridized carbons (Fsp3) is 0.176. The molecule has 0 unspecified atom stereocenters. The van der Waals surface area contributed by atoms with Crippen molar-refractivity contribution >= 4 is 23.2 Å². The second-order valence-electron chi connectivity index (χ2n) is 5.12. The highest BCUT2D eigenvalue weighted by atomic mass is 32.1. The molecule has 0 atom stereocenters. The van der Waals surface area contributed by atoms with E-state index in [0.29, 0.717) is 17.2 Å². The van der Waals surface area contributed by atoms with Crippen LogP contribution in [-0.2, 0) is 6.54 Å². The summed E-state index contributed by atoms with van der Waals surface area (Å²) in [6.45, 7) is 4.53. The van der Waals surface area contributed by atoms with Gasteiger partial charge in [0.05, 0.1) is 0 Å². The Kier molecular flexibility index (Phi) is 5.49. The van der Waals surface area contributed by atoms with Crippen LogP contribution in [0.3, 0.4) is 0 Å². The molecule has 0 aliphatic rings. The Balaban J connectivity index is 1.81. The van der Waals surface area contributed by atoms with Gasteiger partial charge in [0.1, 0.15) is 0 Å². The molecule has 0 aromatic heterocycles. The number of amides is 1. The lowest BCUT2D eigenvalue weighted by molar-refractivity contribution is 0.0943. The fourth-order valence-corrected chi connectivity index (χ4v) is 2.24. The minimum absolute atomic E-state index is 0.212. The van der Waals surface area contributed by atoms with Gasteiger partial charge in [0.2, 0.25) is 0 Å². The van der Waals surface area contributed by atoms with Gasteiger partial charge in [-0.2, -0.15) is 0 Å². The van der Waals surface area contributed by atoms with Gasteiger partial charge in [-0.3, -0.25) is 15.6 Å². The van der Waals surface area contributed by atoms with Gasteiger partial charge >= 0.3 is 0 Å². The van der Waals surface area contributed by atoms with Gasteiger partial charge in [-0.15, -0.1) is 0 Å². The van der Waals surface area contributed by atoms with Crippen LogP contribution < -0.4 is 16.2 Å². The van der Waals surface area contributed by atoms with Crippen LogP contribution in [0.15, 0.2) is 48.5 Å². The Morgan fingerprint density at radius 2 is 1.64 bits per heavy atom. The van der Waals surface area contributed by atoms with Gasteiger partial charge < -0.3 is 5.32 Å². The number of aryl methyl sites for hydroxylation is 2. The number of hydrogen-bond acceptors (Lipinski definition) is 2. The molecule has 0 saturated carbocycles. The molecular formula is C17H19N3OS. The molecule has 0 radical (unpaired) electrons.